The third kappa shape index (κ3) is 2.20. The monoisotopic (exact) mass is 253 g/mol. The van der Waals surface area contributed by atoms with Gasteiger partial charge in [-0.05, 0) is 18.1 Å². The van der Waals surface area contributed by atoms with Gasteiger partial charge >= 0.3 is 0 Å². The van der Waals surface area contributed by atoms with Crippen LogP contribution in [0.25, 0.3) is 0 Å². The SMILES string of the molecule is CC(C)(C)[Si](C)(C)O[C@H]1CC(=O)N2CC=C[C@@H]12. The summed E-state index contributed by atoms with van der Waals surface area (Å²) in [6.07, 6.45) is 4.83. The van der Waals surface area contributed by atoms with E-state index in [0.29, 0.717) is 6.42 Å². The molecule has 0 aromatic rings. The van der Waals surface area contributed by atoms with Crippen LogP contribution < -0.4 is 0 Å². The number of amides is 1. The summed E-state index contributed by atoms with van der Waals surface area (Å²) in [6.45, 7) is 12.0. The second-order valence-electron chi connectivity index (χ2n) is 6.59. The Hall–Kier alpha value is -0.613. The second-order valence-corrected chi connectivity index (χ2v) is 11.3. The van der Waals surface area contributed by atoms with Crippen molar-refractivity contribution in [2.45, 2.75) is 57.5 Å². The zero-order chi connectivity index (χ0) is 12.8. The summed E-state index contributed by atoms with van der Waals surface area (Å²) < 4.78 is 6.37. The number of hydrogen-bond donors (Lipinski definition) is 0. The molecule has 0 saturated carbocycles. The number of carbonyl (C=O) groups excluding carboxylic acids is 1. The van der Waals surface area contributed by atoms with Gasteiger partial charge in [0.25, 0.3) is 0 Å². The van der Waals surface area contributed by atoms with E-state index in [1.54, 1.807) is 0 Å². The molecule has 2 rings (SSSR count). The van der Waals surface area contributed by atoms with Crippen LogP contribution in [-0.4, -0.2) is 37.8 Å². The van der Waals surface area contributed by atoms with Crippen molar-refractivity contribution >= 4 is 14.2 Å². The minimum Gasteiger partial charge on any atom is -0.411 e. The highest BCUT2D eigenvalue weighted by Crippen LogP contribution is 2.40. The molecule has 0 unspecified atom stereocenters. The van der Waals surface area contributed by atoms with E-state index in [9.17, 15) is 4.79 Å². The maximum absolute atomic E-state index is 11.8. The molecule has 2 heterocycles. The summed E-state index contributed by atoms with van der Waals surface area (Å²) in [5.41, 5.74) is 0. The zero-order valence-electron chi connectivity index (χ0n) is 11.5. The van der Waals surface area contributed by atoms with Crippen LogP contribution in [0.2, 0.25) is 18.1 Å². The Labute approximate surface area is 105 Å². The van der Waals surface area contributed by atoms with Crippen LogP contribution in [0, 0.1) is 0 Å². The molecule has 2 aliphatic rings. The standard InChI is InChI=1S/C13H23NO2Si/c1-13(2,3)17(4,5)16-11-9-12(15)14-8-6-7-10(11)14/h6-7,10-11H,8-9H2,1-5H3/t10-,11-/m0/s1. The quantitative estimate of drug-likeness (QED) is 0.559. The summed E-state index contributed by atoms with van der Waals surface area (Å²) in [7, 11) is -1.77. The van der Waals surface area contributed by atoms with E-state index in [4.69, 9.17) is 4.43 Å². The average molecular weight is 253 g/mol. The molecule has 0 N–H and O–H groups in total. The predicted molar refractivity (Wildman–Crippen MR) is 71.3 cm³/mol. The van der Waals surface area contributed by atoms with Crippen molar-refractivity contribution in [3.05, 3.63) is 12.2 Å². The number of carbonyl (C=O) groups is 1. The Morgan fingerprint density at radius 1 is 1.41 bits per heavy atom. The Morgan fingerprint density at radius 2 is 2.06 bits per heavy atom. The van der Waals surface area contributed by atoms with Crippen molar-refractivity contribution in [2.75, 3.05) is 6.54 Å². The first-order valence-electron chi connectivity index (χ1n) is 6.36. The van der Waals surface area contributed by atoms with Crippen molar-refractivity contribution in [3.8, 4) is 0 Å². The first-order valence-corrected chi connectivity index (χ1v) is 9.27. The maximum Gasteiger partial charge on any atom is 0.226 e. The Balaban J connectivity index is 2.10. The van der Waals surface area contributed by atoms with Gasteiger partial charge in [-0.15, -0.1) is 0 Å². The summed E-state index contributed by atoms with van der Waals surface area (Å²) in [6, 6.07) is 0.191. The van der Waals surface area contributed by atoms with Gasteiger partial charge in [0.2, 0.25) is 5.91 Å². The second kappa shape index (κ2) is 3.95. The van der Waals surface area contributed by atoms with E-state index in [-0.39, 0.29) is 23.1 Å². The number of rotatable bonds is 2. The van der Waals surface area contributed by atoms with E-state index >= 15 is 0 Å². The molecule has 2 aliphatic heterocycles. The molecule has 0 aromatic heterocycles. The molecule has 4 heteroatoms. The highest BCUT2D eigenvalue weighted by Gasteiger charge is 2.46. The maximum atomic E-state index is 11.8. The molecular weight excluding hydrogens is 230 g/mol. The summed E-state index contributed by atoms with van der Waals surface area (Å²) >= 11 is 0. The molecule has 3 nitrogen and oxygen atoms in total. The summed E-state index contributed by atoms with van der Waals surface area (Å²) in [4.78, 5) is 13.8. The zero-order valence-corrected chi connectivity index (χ0v) is 12.5. The molecule has 2 atom stereocenters. The lowest BCUT2D eigenvalue weighted by atomic mass is 10.2. The van der Waals surface area contributed by atoms with Crippen molar-refractivity contribution in [1.29, 1.82) is 0 Å². The largest absolute Gasteiger partial charge is 0.411 e. The van der Waals surface area contributed by atoms with E-state index in [1.165, 1.54) is 0 Å². The van der Waals surface area contributed by atoms with Gasteiger partial charge < -0.3 is 9.33 Å². The third-order valence-electron chi connectivity index (χ3n) is 4.32. The van der Waals surface area contributed by atoms with Crippen LogP contribution in [0.4, 0.5) is 0 Å². The summed E-state index contributed by atoms with van der Waals surface area (Å²) in [5.74, 6) is 0.240. The van der Waals surface area contributed by atoms with Gasteiger partial charge in [0.1, 0.15) is 0 Å². The van der Waals surface area contributed by atoms with Crippen molar-refractivity contribution in [3.63, 3.8) is 0 Å². The lowest BCUT2D eigenvalue weighted by Gasteiger charge is -2.39. The molecule has 17 heavy (non-hydrogen) atoms. The molecule has 0 spiro atoms. The molecule has 96 valence electrons. The predicted octanol–water partition coefficient (Wildman–Crippen LogP) is 2.55. The van der Waals surface area contributed by atoms with Crippen molar-refractivity contribution < 1.29 is 9.22 Å². The van der Waals surface area contributed by atoms with Gasteiger partial charge in [-0.1, -0.05) is 32.9 Å². The average Bonchev–Trinajstić information content (AvgIpc) is 2.70. The van der Waals surface area contributed by atoms with E-state index in [0.717, 1.165) is 6.54 Å². The third-order valence-corrected chi connectivity index (χ3v) is 8.83. The lowest BCUT2D eigenvalue weighted by Crippen LogP contribution is -2.46. The van der Waals surface area contributed by atoms with Gasteiger partial charge in [0, 0.05) is 6.54 Å². The topological polar surface area (TPSA) is 29.5 Å². The molecule has 1 amide bonds. The fourth-order valence-electron chi connectivity index (χ4n) is 2.21. The van der Waals surface area contributed by atoms with Gasteiger partial charge in [0.15, 0.2) is 8.32 Å². The van der Waals surface area contributed by atoms with Gasteiger partial charge in [-0.2, -0.15) is 0 Å². The fraction of sp³-hybridized carbons (Fsp3) is 0.769. The van der Waals surface area contributed by atoms with Gasteiger partial charge in [0.05, 0.1) is 18.6 Å². The van der Waals surface area contributed by atoms with Gasteiger partial charge in [-0.25, -0.2) is 0 Å². The minimum atomic E-state index is -1.77. The van der Waals surface area contributed by atoms with E-state index in [1.807, 2.05) is 4.90 Å². The molecule has 1 saturated heterocycles. The highest BCUT2D eigenvalue weighted by molar-refractivity contribution is 6.74. The molecule has 0 aliphatic carbocycles. The highest BCUT2D eigenvalue weighted by atomic mass is 28.4. The van der Waals surface area contributed by atoms with Crippen LogP contribution in [0.1, 0.15) is 27.2 Å². The van der Waals surface area contributed by atoms with E-state index < -0.39 is 8.32 Å². The first kappa shape index (κ1) is 12.8. The molecule has 1 fully saturated rings. The fourth-order valence-corrected chi connectivity index (χ4v) is 3.54. The molecule has 0 radical (unpaired) electrons. The molecular formula is C13H23NO2Si. The number of fused-ring (bicyclic) bond motifs is 1. The Bertz CT molecular complexity index is 357. The number of hydrogen-bond acceptors (Lipinski definition) is 2. The lowest BCUT2D eigenvalue weighted by molar-refractivity contribution is -0.127. The normalized spacial score (nSPS) is 29.0. The van der Waals surface area contributed by atoms with Crippen LogP contribution in [0.5, 0.6) is 0 Å². The first-order chi connectivity index (χ1) is 7.72. The Morgan fingerprint density at radius 3 is 2.65 bits per heavy atom. The van der Waals surface area contributed by atoms with Crippen molar-refractivity contribution in [1.82, 2.24) is 4.90 Å². The number of nitrogens with zero attached hydrogens (tertiary/aromatic N) is 1. The van der Waals surface area contributed by atoms with Crippen molar-refractivity contribution in [2.24, 2.45) is 0 Å². The van der Waals surface area contributed by atoms with Crippen LogP contribution >= 0.6 is 0 Å². The molecule has 0 bridgehead atoms. The van der Waals surface area contributed by atoms with Crippen LogP contribution in [0.3, 0.4) is 0 Å². The Kier molecular flexibility index (Phi) is 2.98. The minimum absolute atomic E-state index is 0.0714. The molecule has 0 aromatic carbocycles. The van der Waals surface area contributed by atoms with Crippen LogP contribution in [-0.2, 0) is 9.22 Å². The van der Waals surface area contributed by atoms with E-state index in [2.05, 4.69) is 46.0 Å². The summed E-state index contributed by atoms with van der Waals surface area (Å²) in [5, 5.41) is 0.200. The van der Waals surface area contributed by atoms with Gasteiger partial charge in [-0.3, -0.25) is 4.79 Å². The smallest absolute Gasteiger partial charge is 0.226 e. The van der Waals surface area contributed by atoms with Crippen LogP contribution in [0.15, 0.2) is 12.2 Å².